The Labute approximate surface area is 166 Å². The molecule has 0 radical (unpaired) electrons. The van der Waals surface area contributed by atoms with Crippen LogP contribution >= 0.6 is 0 Å². The normalized spacial score (nSPS) is 16.4. The third-order valence-electron chi connectivity index (χ3n) is 4.38. The van der Waals surface area contributed by atoms with E-state index in [0.29, 0.717) is 25.8 Å². The second-order valence-corrected chi connectivity index (χ2v) is 8.04. The number of carbonyl (C=O) groups is 3. The number of nitrogens with one attached hydrogen (secondary N) is 3. The van der Waals surface area contributed by atoms with Crippen LogP contribution in [0.25, 0.3) is 0 Å². The standard InChI is InChI=1S/C21H31N3O4/c1-21(2,3)28-20(27)22-14-8-4-5-11-18(25)23-17-13-12-15-9-6-7-10-16(15)24-19(17)26/h6-7,9-10,17H,4-5,8,11-14H2,1-3H3,(H,22,27)(H,23,25)(H,24,26). The summed E-state index contributed by atoms with van der Waals surface area (Å²) >= 11 is 0. The fourth-order valence-corrected chi connectivity index (χ4v) is 3.01. The molecule has 1 atom stereocenters. The molecule has 7 heteroatoms. The van der Waals surface area contributed by atoms with Gasteiger partial charge in [0.15, 0.2) is 0 Å². The SMILES string of the molecule is CC(C)(C)OC(=O)NCCCCCC(=O)NC1CCc2ccccc2NC1=O. The van der Waals surface area contributed by atoms with Crippen molar-refractivity contribution in [2.45, 2.75) is 70.9 Å². The van der Waals surface area contributed by atoms with Crippen molar-refractivity contribution in [3.63, 3.8) is 0 Å². The minimum Gasteiger partial charge on any atom is -0.444 e. The van der Waals surface area contributed by atoms with Crippen LogP contribution in [0.15, 0.2) is 24.3 Å². The highest BCUT2D eigenvalue weighted by Crippen LogP contribution is 2.21. The molecule has 0 fully saturated rings. The molecule has 1 aliphatic rings. The van der Waals surface area contributed by atoms with Gasteiger partial charge in [-0.05, 0) is 58.1 Å². The van der Waals surface area contributed by atoms with Gasteiger partial charge in [0.25, 0.3) is 0 Å². The molecular weight excluding hydrogens is 358 g/mol. The molecule has 0 aromatic heterocycles. The Morgan fingerprint density at radius 2 is 1.93 bits per heavy atom. The molecular formula is C21H31N3O4. The summed E-state index contributed by atoms with van der Waals surface area (Å²) in [6, 6.07) is 7.19. The van der Waals surface area contributed by atoms with Gasteiger partial charge in [-0.2, -0.15) is 0 Å². The zero-order valence-electron chi connectivity index (χ0n) is 17.0. The maximum Gasteiger partial charge on any atom is 0.407 e. The third kappa shape index (κ3) is 7.58. The van der Waals surface area contributed by atoms with E-state index in [9.17, 15) is 14.4 Å². The number of hydrogen-bond acceptors (Lipinski definition) is 4. The van der Waals surface area contributed by atoms with E-state index in [1.807, 2.05) is 45.0 Å². The second kappa shape index (κ2) is 10.1. The fourth-order valence-electron chi connectivity index (χ4n) is 3.01. The van der Waals surface area contributed by atoms with Crippen LogP contribution in [0, 0.1) is 0 Å². The molecule has 7 nitrogen and oxygen atoms in total. The summed E-state index contributed by atoms with van der Waals surface area (Å²) in [6.07, 6.45) is 3.56. The van der Waals surface area contributed by atoms with Crippen molar-refractivity contribution in [3.8, 4) is 0 Å². The molecule has 0 aliphatic carbocycles. The fraction of sp³-hybridized carbons (Fsp3) is 0.571. The molecule has 1 heterocycles. The smallest absolute Gasteiger partial charge is 0.407 e. The summed E-state index contributed by atoms with van der Waals surface area (Å²) in [5.74, 6) is -0.286. The number of rotatable bonds is 7. The van der Waals surface area contributed by atoms with Gasteiger partial charge in [0.05, 0.1) is 0 Å². The number of hydrogen-bond donors (Lipinski definition) is 3. The molecule has 3 N–H and O–H groups in total. The van der Waals surface area contributed by atoms with Gasteiger partial charge in [0.2, 0.25) is 11.8 Å². The van der Waals surface area contributed by atoms with Gasteiger partial charge < -0.3 is 20.7 Å². The topological polar surface area (TPSA) is 96.5 Å². The Bertz CT molecular complexity index is 697. The largest absolute Gasteiger partial charge is 0.444 e. The number of amides is 3. The van der Waals surface area contributed by atoms with E-state index >= 15 is 0 Å². The molecule has 154 valence electrons. The van der Waals surface area contributed by atoms with Crippen molar-refractivity contribution >= 4 is 23.6 Å². The van der Waals surface area contributed by atoms with E-state index in [1.165, 1.54) is 0 Å². The van der Waals surface area contributed by atoms with Crippen LogP contribution in [0.5, 0.6) is 0 Å². The second-order valence-electron chi connectivity index (χ2n) is 8.04. The van der Waals surface area contributed by atoms with Gasteiger partial charge in [0, 0.05) is 18.7 Å². The number of alkyl carbamates (subject to hydrolysis) is 1. The molecule has 28 heavy (non-hydrogen) atoms. The molecule has 0 saturated carbocycles. The summed E-state index contributed by atoms with van der Waals surface area (Å²) in [4.78, 5) is 36.0. The first kappa shape index (κ1) is 21.7. The average molecular weight is 389 g/mol. The summed E-state index contributed by atoms with van der Waals surface area (Å²) < 4.78 is 5.16. The number of benzene rings is 1. The van der Waals surface area contributed by atoms with Gasteiger partial charge in [-0.1, -0.05) is 24.6 Å². The van der Waals surface area contributed by atoms with Gasteiger partial charge in [-0.3, -0.25) is 9.59 Å². The third-order valence-corrected chi connectivity index (χ3v) is 4.38. The van der Waals surface area contributed by atoms with Crippen molar-refractivity contribution in [2.24, 2.45) is 0 Å². The quantitative estimate of drug-likeness (QED) is 0.624. The van der Waals surface area contributed by atoms with Gasteiger partial charge in [0.1, 0.15) is 11.6 Å². The highest BCUT2D eigenvalue weighted by molar-refractivity contribution is 5.98. The van der Waals surface area contributed by atoms with Crippen LogP contribution in [0.3, 0.4) is 0 Å². The van der Waals surface area contributed by atoms with Crippen LogP contribution in [-0.4, -0.2) is 36.1 Å². The lowest BCUT2D eigenvalue weighted by atomic mass is 10.1. The zero-order chi connectivity index (χ0) is 20.6. The number of anilines is 1. The van der Waals surface area contributed by atoms with E-state index < -0.39 is 17.7 Å². The van der Waals surface area contributed by atoms with Crippen molar-refractivity contribution in [1.82, 2.24) is 10.6 Å². The Hall–Kier alpha value is -2.57. The van der Waals surface area contributed by atoms with Crippen molar-refractivity contribution < 1.29 is 19.1 Å². The molecule has 2 rings (SSSR count). The Kier molecular flexibility index (Phi) is 7.84. The van der Waals surface area contributed by atoms with Crippen LogP contribution in [-0.2, 0) is 20.7 Å². The molecule has 1 unspecified atom stereocenters. The number of unbranched alkanes of at least 4 members (excludes halogenated alkanes) is 2. The highest BCUT2D eigenvalue weighted by atomic mass is 16.6. The van der Waals surface area contributed by atoms with E-state index in [1.54, 1.807) is 0 Å². The Morgan fingerprint density at radius 1 is 1.18 bits per heavy atom. The highest BCUT2D eigenvalue weighted by Gasteiger charge is 2.24. The van der Waals surface area contributed by atoms with Crippen LogP contribution < -0.4 is 16.0 Å². The number of aryl methyl sites for hydroxylation is 1. The lowest BCUT2D eigenvalue weighted by Crippen LogP contribution is -2.43. The minimum atomic E-state index is -0.506. The van der Waals surface area contributed by atoms with E-state index in [2.05, 4.69) is 16.0 Å². The number of ether oxygens (including phenoxy) is 1. The van der Waals surface area contributed by atoms with Crippen LogP contribution in [0.1, 0.15) is 58.4 Å². The molecule has 1 aromatic carbocycles. The maximum absolute atomic E-state index is 12.3. The van der Waals surface area contributed by atoms with Crippen molar-refractivity contribution in [2.75, 3.05) is 11.9 Å². The first-order valence-electron chi connectivity index (χ1n) is 9.89. The average Bonchev–Trinajstić information content (AvgIpc) is 2.75. The minimum absolute atomic E-state index is 0.119. The molecule has 3 amide bonds. The first-order chi connectivity index (χ1) is 13.2. The Morgan fingerprint density at radius 3 is 2.68 bits per heavy atom. The van der Waals surface area contributed by atoms with E-state index in [0.717, 1.165) is 30.5 Å². The van der Waals surface area contributed by atoms with Gasteiger partial charge in [-0.15, -0.1) is 0 Å². The number of fused-ring (bicyclic) bond motifs is 1. The predicted octanol–water partition coefficient (Wildman–Crippen LogP) is 3.14. The van der Waals surface area contributed by atoms with Gasteiger partial charge >= 0.3 is 6.09 Å². The van der Waals surface area contributed by atoms with Crippen LogP contribution in [0.4, 0.5) is 10.5 Å². The Balaban J connectivity index is 1.61. The van der Waals surface area contributed by atoms with Crippen LogP contribution in [0.2, 0.25) is 0 Å². The maximum atomic E-state index is 12.3. The number of para-hydroxylation sites is 1. The van der Waals surface area contributed by atoms with E-state index in [-0.39, 0.29) is 11.8 Å². The molecule has 1 aliphatic heterocycles. The molecule has 1 aromatic rings. The lowest BCUT2D eigenvalue weighted by Gasteiger charge is -2.19. The summed E-state index contributed by atoms with van der Waals surface area (Å²) in [5, 5.41) is 8.42. The summed E-state index contributed by atoms with van der Waals surface area (Å²) in [5.41, 5.74) is 1.40. The summed E-state index contributed by atoms with van der Waals surface area (Å²) in [6.45, 7) is 5.97. The summed E-state index contributed by atoms with van der Waals surface area (Å²) in [7, 11) is 0. The number of carbonyl (C=O) groups excluding carboxylic acids is 3. The zero-order valence-corrected chi connectivity index (χ0v) is 17.0. The monoisotopic (exact) mass is 389 g/mol. The first-order valence-corrected chi connectivity index (χ1v) is 9.89. The lowest BCUT2D eigenvalue weighted by molar-refractivity contribution is -0.126. The molecule has 0 bridgehead atoms. The van der Waals surface area contributed by atoms with Crippen molar-refractivity contribution in [1.29, 1.82) is 0 Å². The predicted molar refractivity (Wildman–Crippen MR) is 108 cm³/mol. The van der Waals surface area contributed by atoms with E-state index in [4.69, 9.17) is 4.74 Å². The molecule has 0 spiro atoms. The molecule has 0 saturated heterocycles. The van der Waals surface area contributed by atoms with Gasteiger partial charge in [-0.25, -0.2) is 4.79 Å². The van der Waals surface area contributed by atoms with Crippen molar-refractivity contribution in [3.05, 3.63) is 29.8 Å².